The number of hydrogen-bond acceptors (Lipinski definition) is 25. The first-order valence-corrected chi connectivity index (χ1v) is 27.8. The first-order valence-electron chi connectivity index (χ1n) is 27.8. The number of carbonyl (C=O) groups excluding carboxylic acids is 1. The molecule has 77 heavy (non-hydrogen) atoms. The van der Waals surface area contributed by atoms with Crippen LogP contribution >= 0.6 is 0 Å². The molecule has 33 atom stereocenters. The van der Waals surface area contributed by atoms with Crippen molar-refractivity contribution in [1.29, 1.82) is 0 Å². The van der Waals surface area contributed by atoms with Gasteiger partial charge in [-0.05, 0) is 91.3 Å². The zero-order valence-corrected chi connectivity index (χ0v) is 44.2. The summed E-state index contributed by atoms with van der Waals surface area (Å²) in [5.74, 6) is 0.0593. The van der Waals surface area contributed by atoms with Crippen molar-refractivity contribution in [1.82, 2.24) is 0 Å². The summed E-state index contributed by atoms with van der Waals surface area (Å²) in [5, 5.41) is 144. The Balaban J connectivity index is 0.840. The average Bonchev–Trinajstić information content (AvgIpc) is 4.12. The fraction of sp³-hybridized carbons (Fsp3) is 0.981. The maximum Gasteiger partial charge on any atom is 0.303 e. The van der Waals surface area contributed by atoms with Crippen LogP contribution in [0.15, 0.2) is 0 Å². The molecule has 25 nitrogen and oxygen atoms in total. The number of hydrogen-bond donors (Lipinski definition) is 13. The first-order chi connectivity index (χ1) is 36.5. The molecule has 33 unspecified atom stereocenters. The van der Waals surface area contributed by atoms with Crippen LogP contribution in [0, 0.1) is 52.3 Å². The van der Waals surface area contributed by atoms with E-state index in [1.165, 1.54) is 0 Å². The van der Waals surface area contributed by atoms with Crippen molar-refractivity contribution in [2.75, 3.05) is 33.0 Å². The molecule has 4 aliphatic carbocycles. The quantitative estimate of drug-likeness (QED) is 0.0659. The second-order valence-corrected chi connectivity index (χ2v) is 24.7. The first kappa shape index (κ1) is 58.7. The molecule has 0 aromatic rings. The SMILES string of the molecule is CC(=O)OC1C(O)COC(OC2C(O)C(CO)OC(OC3C(CO)OC(OC4CC5C(O)CC6C(CCC7(C)C6CC6OC8(CCC(C)CO8)C(C)C67)C5(C)CC4O)C(O)C3O)C2OC2OC(CO)C(O)C(O)C2O)C1O. The second kappa shape index (κ2) is 22.6. The van der Waals surface area contributed by atoms with Gasteiger partial charge >= 0.3 is 5.97 Å². The summed E-state index contributed by atoms with van der Waals surface area (Å²) < 4.78 is 66.4. The molecule has 0 amide bonds. The molecular formula is C52H84O25. The van der Waals surface area contributed by atoms with Crippen LogP contribution in [0.5, 0.6) is 0 Å². The highest BCUT2D eigenvalue weighted by Crippen LogP contribution is 2.71. The van der Waals surface area contributed by atoms with Gasteiger partial charge in [-0.1, -0.05) is 27.7 Å². The van der Waals surface area contributed by atoms with Gasteiger partial charge in [0.1, 0.15) is 85.5 Å². The van der Waals surface area contributed by atoms with Gasteiger partial charge in [0, 0.05) is 19.3 Å². The number of rotatable bonds is 12. The summed E-state index contributed by atoms with van der Waals surface area (Å²) >= 11 is 0. The Labute approximate surface area is 446 Å². The van der Waals surface area contributed by atoms with Crippen molar-refractivity contribution in [3.05, 3.63) is 0 Å². The number of carbonyl (C=O) groups is 1. The van der Waals surface area contributed by atoms with E-state index in [2.05, 4.69) is 27.7 Å². The molecule has 6 aliphatic heterocycles. The minimum absolute atomic E-state index is 0.00193. The van der Waals surface area contributed by atoms with Gasteiger partial charge in [0.25, 0.3) is 0 Å². The molecular weight excluding hydrogens is 1020 g/mol. The van der Waals surface area contributed by atoms with Crippen LogP contribution in [0.3, 0.4) is 0 Å². The smallest absolute Gasteiger partial charge is 0.303 e. The van der Waals surface area contributed by atoms with Gasteiger partial charge in [-0.2, -0.15) is 0 Å². The van der Waals surface area contributed by atoms with Crippen LogP contribution in [-0.4, -0.2) is 252 Å². The molecule has 10 fully saturated rings. The van der Waals surface area contributed by atoms with Crippen molar-refractivity contribution in [3.8, 4) is 0 Å². The topological polar surface area (TPSA) is 382 Å². The van der Waals surface area contributed by atoms with E-state index in [1.54, 1.807) is 0 Å². The Bertz CT molecular complexity index is 2010. The molecule has 0 radical (unpaired) electrons. The van der Waals surface area contributed by atoms with E-state index < -0.39 is 179 Å². The summed E-state index contributed by atoms with van der Waals surface area (Å²) in [4.78, 5) is 11.9. The lowest BCUT2D eigenvalue weighted by Crippen LogP contribution is -2.68. The zero-order chi connectivity index (χ0) is 55.4. The van der Waals surface area contributed by atoms with E-state index in [1.807, 2.05) is 0 Å². The predicted molar refractivity (Wildman–Crippen MR) is 255 cm³/mol. The maximum absolute atomic E-state index is 12.2. The summed E-state index contributed by atoms with van der Waals surface area (Å²) in [6.45, 7) is 7.55. The van der Waals surface area contributed by atoms with Crippen LogP contribution in [-0.2, 0) is 56.9 Å². The molecule has 10 aliphatic rings. The lowest BCUT2D eigenvalue weighted by molar-refractivity contribution is -0.404. The summed E-state index contributed by atoms with van der Waals surface area (Å²) in [7, 11) is 0. The molecule has 4 saturated carbocycles. The summed E-state index contributed by atoms with van der Waals surface area (Å²) in [6.07, 6.45) is -31.4. The minimum atomic E-state index is -2.06. The highest BCUT2D eigenvalue weighted by molar-refractivity contribution is 5.66. The molecule has 1 spiro atoms. The third-order valence-electron chi connectivity index (χ3n) is 20.3. The molecule has 0 bridgehead atoms. The van der Waals surface area contributed by atoms with Crippen molar-refractivity contribution in [2.45, 2.75) is 233 Å². The number of aliphatic hydroxyl groups excluding tert-OH is 13. The van der Waals surface area contributed by atoms with Crippen LogP contribution in [0.1, 0.15) is 86.0 Å². The number of fused-ring (bicyclic) bond motifs is 7. The summed E-state index contributed by atoms with van der Waals surface area (Å²) in [6, 6.07) is 0. The highest BCUT2D eigenvalue weighted by Gasteiger charge is 2.70. The lowest BCUT2D eigenvalue weighted by atomic mass is 9.43. The molecule has 6 heterocycles. The minimum Gasteiger partial charge on any atom is -0.457 e. The van der Waals surface area contributed by atoms with Crippen LogP contribution in [0.2, 0.25) is 0 Å². The monoisotopic (exact) mass is 1110 g/mol. The summed E-state index contributed by atoms with van der Waals surface area (Å²) in [5.41, 5.74) is -0.477. The van der Waals surface area contributed by atoms with E-state index in [4.69, 9.17) is 52.1 Å². The Kier molecular flexibility index (Phi) is 17.2. The molecule has 10 rings (SSSR count). The third kappa shape index (κ3) is 10.3. The fourth-order valence-corrected chi connectivity index (χ4v) is 16.3. The van der Waals surface area contributed by atoms with E-state index >= 15 is 0 Å². The van der Waals surface area contributed by atoms with Crippen molar-refractivity contribution in [2.24, 2.45) is 52.3 Å². The van der Waals surface area contributed by atoms with Gasteiger partial charge in [0.05, 0.1) is 57.5 Å². The second-order valence-electron chi connectivity index (χ2n) is 24.7. The third-order valence-corrected chi connectivity index (χ3v) is 20.3. The molecule has 442 valence electrons. The Hall–Kier alpha value is -1.45. The van der Waals surface area contributed by atoms with Crippen LogP contribution in [0.25, 0.3) is 0 Å². The van der Waals surface area contributed by atoms with Crippen molar-refractivity contribution in [3.63, 3.8) is 0 Å². The van der Waals surface area contributed by atoms with E-state index in [0.29, 0.717) is 30.8 Å². The number of aliphatic hydroxyl groups is 13. The van der Waals surface area contributed by atoms with Gasteiger partial charge in [-0.15, -0.1) is 0 Å². The molecule has 0 aromatic carbocycles. The van der Waals surface area contributed by atoms with Gasteiger partial charge in [-0.25, -0.2) is 0 Å². The van der Waals surface area contributed by atoms with E-state index in [9.17, 15) is 71.2 Å². The molecule has 25 heteroatoms. The standard InChI is InChI=1S/C52H84O25/c1-19-6-9-52(68-17-19)20(2)34-30(77-52)11-24-22-10-26(57)25-12-29(27(58)13-51(25,5)23(22)7-8-50(24,34)4)70-47-40(65)38(63)43(33(16-55)73-47)74-49-45(76-48-39(64)37(62)35(60)31(14-53)71-48)44(36(61)32(15-54)72-49)75-46-41(66)42(69-21(3)56)28(59)18-67-46/h19-20,22-49,53-55,57-66H,6-18H2,1-5H3. The van der Waals surface area contributed by atoms with Crippen molar-refractivity contribution >= 4 is 5.97 Å². The van der Waals surface area contributed by atoms with Crippen LogP contribution in [0.4, 0.5) is 0 Å². The van der Waals surface area contributed by atoms with E-state index in [-0.39, 0.29) is 48.0 Å². The molecule has 6 saturated heterocycles. The van der Waals surface area contributed by atoms with Gasteiger partial charge in [0.2, 0.25) is 0 Å². The normalized spacial score (nSPS) is 56.7. The fourth-order valence-electron chi connectivity index (χ4n) is 16.3. The lowest BCUT2D eigenvalue weighted by Gasteiger charge is -2.63. The number of ether oxygens (including phenoxy) is 11. The highest BCUT2D eigenvalue weighted by atomic mass is 16.8. The predicted octanol–water partition coefficient (Wildman–Crippen LogP) is -3.76. The zero-order valence-electron chi connectivity index (χ0n) is 44.2. The largest absolute Gasteiger partial charge is 0.457 e. The average molecular weight is 1110 g/mol. The Morgan fingerprint density at radius 2 is 1.19 bits per heavy atom. The Morgan fingerprint density at radius 3 is 1.87 bits per heavy atom. The van der Waals surface area contributed by atoms with Gasteiger partial charge in [-0.3, -0.25) is 4.79 Å². The maximum atomic E-state index is 12.2. The van der Waals surface area contributed by atoms with Gasteiger partial charge < -0.3 is 118 Å². The van der Waals surface area contributed by atoms with Gasteiger partial charge in [0.15, 0.2) is 37.1 Å². The number of esters is 1. The molecule has 13 N–H and O–H groups in total. The Morgan fingerprint density at radius 1 is 0.558 bits per heavy atom. The van der Waals surface area contributed by atoms with Crippen molar-refractivity contribution < 1.29 is 123 Å². The van der Waals surface area contributed by atoms with E-state index in [0.717, 1.165) is 39.0 Å². The van der Waals surface area contributed by atoms with Crippen LogP contribution < -0.4 is 0 Å². The molecule has 0 aromatic heterocycles.